The van der Waals surface area contributed by atoms with Gasteiger partial charge in [-0.1, -0.05) is 18.2 Å². The summed E-state index contributed by atoms with van der Waals surface area (Å²) in [5.74, 6) is -0.512. The number of halogens is 1. The predicted molar refractivity (Wildman–Crippen MR) is 86.1 cm³/mol. The van der Waals surface area contributed by atoms with E-state index in [1.807, 2.05) is 6.07 Å². The van der Waals surface area contributed by atoms with Crippen molar-refractivity contribution in [3.8, 4) is 0 Å². The number of ether oxygens (including phenoxy) is 1. The largest absolute Gasteiger partial charge is 0.450 e. The van der Waals surface area contributed by atoms with Crippen molar-refractivity contribution >= 4 is 39.6 Å². The number of hydrogen-bond acceptors (Lipinski definition) is 4. The molecule has 1 amide bonds. The van der Waals surface area contributed by atoms with E-state index in [0.29, 0.717) is 16.1 Å². The van der Waals surface area contributed by atoms with Crippen LogP contribution in [-0.4, -0.2) is 18.0 Å². The highest BCUT2D eigenvalue weighted by Gasteiger charge is 2.16. The number of esters is 1. The molecule has 1 atom stereocenters. The second-order valence-electron chi connectivity index (χ2n) is 4.41. The van der Waals surface area contributed by atoms with Gasteiger partial charge in [-0.3, -0.25) is 4.79 Å². The van der Waals surface area contributed by atoms with E-state index in [2.05, 4.69) is 21.2 Å². The Balaban J connectivity index is 1.85. The van der Waals surface area contributed by atoms with Crippen LogP contribution < -0.4 is 5.32 Å². The molecule has 5 nitrogen and oxygen atoms in total. The maximum atomic E-state index is 11.9. The topological polar surface area (TPSA) is 68.5 Å². The fourth-order valence-corrected chi connectivity index (χ4v) is 1.92. The van der Waals surface area contributed by atoms with Crippen LogP contribution in [0.15, 0.2) is 57.6 Å². The number of anilines is 1. The minimum absolute atomic E-state index is 0.395. The van der Waals surface area contributed by atoms with Crippen LogP contribution in [-0.2, 0) is 14.3 Å². The molecule has 1 unspecified atom stereocenters. The van der Waals surface area contributed by atoms with Crippen molar-refractivity contribution in [3.63, 3.8) is 0 Å². The van der Waals surface area contributed by atoms with Gasteiger partial charge in [0, 0.05) is 11.8 Å². The molecule has 0 aliphatic heterocycles. The molecule has 1 N–H and O–H groups in total. The third-order valence-corrected chi connectivity index (χ3v) is 3.11. The number of amides is 1. The fraction of sp³-hybridized carbons (Fsp3) is 0.125. The molecule has 22 heavy (non-hydrogen) atoms. The lowest BCUT2D eigenvalue weighted by atomic mass is 10.3. The molecule has 0 aliphatic rings. The molecule has 0 spiro atoms. The van der Waals surface area contributed by atoms with Gasteiger partial charge in [0.2, 0.25) is 0 Å². The van der Waals surface area contributed by atoms with E-state index in [1.54, 1.807) is 36.4 Å². The Bertz CT molecular complexity index is 678. The average molecular weight is 364 g/mol. The molecule has 114 valence electrons. The van der Waals surface area contributed by atoms with Gasteiger partial charge >= 0.3 is 5.97 Å². The summed E-state index contributed by atoms with van der Waals surface area (Å²) >= 11 is 3.16. The number of carbonyl (C=O) groups excluding carboxylic acids is 2. The summed E-state index contributed by atoms with van der Waals surface area (Å²) in [5.41, 5.74) is 0.645. The van der Waals surface area contributed by atoms with Gasteiger partial charge in [0.1, 0.15) is 5.76 Å². The van der Waals surface area contributed by atoms with Crippen LogP contribution >= 0.6 is 15.9 Å². The van der Waals surface area contributed by atoms with Gasteiger partial charge in [0.25, 0.3) is 5.91 Å². The van der Waals surface area contributed by atoms with Crippen LogP contribution in [0.2, 0.25) is 0 Å². The molecule has 1 aromatic carbocycles. The lowest BCUT2D eigenvalue weighted by Gasteiger charge is -2.12. The third-order valence-electron chi connectivity index (χ3n) is 2.68. The van der Waals surface area contributed by atoms with E-state index in [9.17, 15) is 9.59 Å². The Hall–Kier alpha value is -2.34. The first-order valence-corrected chi connectivity index (χ1v) is 7.34. The molecule has 0 saturated heterocycles. The van der Waals surface area contributed by atoms with Gasteiger partial charge in [-0.05, 0) is 53.2 Å². The zero-order valence-electron chi connectivity index (χ0n) is 11.8. The number of carbonyl (C=O) groups is 2. The van der Waals surface area contributed by atoms with Crippen LogP contribution in [0, 0.1) is 0 Å². The standard InChI is InChI=1S/C16H14BrNO4/c1-11(16(20)18-12-5-3-2-4-6-12)21-15(19)10-8-13-7-9-14(17)22-13/h2-11H,1H3,(H,18,20). The van der Waals surface area contributed by atoms with Crippen LogP contribution in [0.1, 0.15) is 12.7 Å². The summed E-state index contributed by atoms with van der Waals surface area (Å²) in [7, 11) is 0. The van der Waals surface area contributed by atoms with Gasteiger partial charge in [0.15, 0.2) is 10.8 Å². The zero-order valence-corrected chi connectivity index (χ0v) is 13.4. The number of hydrogen-bond donors (Lipinski definition) is 1. The number of nitrogens with one attached hydrogen (secondary N) is 1. The highest BCUT2D eigenvalue weighted by molar-refractivity contribution is 9.10. The van der Waals surface area contributed by atoms with E-state index in [0.717, 1.165) is 0 Å². The molecule has 6 heteroatoms. The number of benzene rings is 1. The normalized spacial score (nSPS) is 12.1. The molecule has 0 fully saturated rings. The Morgan fingerprint density at radius 3 is 2.59 bits per heavy atom. The highest BCUT2D eigenvalue weighted by atomic mass is 79.9. The second-order valence-corrected chi connectivity index (χ2v) is 5.19. The summed E-state index contributed by atoms with van der Waals surface area (Å²) in [4.78, 5) is 23.5. The first-order chi connectivity index (χ1) is 10.5. The van der Waals surface area contributed by atoms with Crippen molar-refractivity contribution in [2.45, 2.75) is 13.0 Å². The van der Waals surface area contributed by atoms with E-state index in [1.165, 1.54) is 19.1 Å². The summed E-state index contributed by atoms with van der Waals surface area (Å²) in [6.45, 7) is 1.51. The SMILES string of the molecule is CC(OC(=O)C=Cc1ccc(Br)o1)C(=O)Nc1ccccc1. The number of rotatable bonds is 5. The van der Waals surface area contributed by atoms with Gasteiger partial charge in [-0.25, -0.2) is 4.79 Å². The zero-order chi connectivity index (χ0) is 15.9. The highest BCUT2D eigenvalue weighted by Crippen LogP contribution is 2.15. The quantitative estimate of drug-likeness (QED) is 0.650. The lowest BCUT2D eigenvalue weighted by Crippen LogP contribution is -2.29. The van der Waals surface area contributed by atoms with Crippen molar-refractivity contribution in [3.05, 3.63) is 59.0 Å². The van der Waals surface area contributed by atoms with Crippen LogP contribution in [0.25, 0.3) is 6.08 Å². The third kappa shape index (κ3) is 4.89. The van der Waals surface area contributed by atoms with Crippen molar-refractivity contribution in [1.82, 2.24) is 0 Å². The second kappa shape index (κ2) is 7.61. The van der Waals surface area contributed by atoms with Crippen molar-refractivity contribution in [2.75, 3.05) is 5.32 Å². The molecule has 2 rings (SSSR count). The monoisotopic (exact) mass is 363 g/mol. The number of furan rings is 1. The number of para-hydroxylation sites is 1. The maximum absolute atomic E-state index is 11.9. The molecule has 1 heterocycles. The smallest absolute Gasteiger partial charge is 0.331 e. The van der Waals surface area contributed by atoms with Crippen molar-refractivity contribution in [1.29, 1.82) is 0 Å². The molecular formula is C16H14BrNO4. The molecule has 0 bridgehead atoms. The van der Waals surface area contributed by atoms with Crippen LogP contribution in [0.4, 0.5) is 5.69 Å². The van der Waals surface area contributed by atoms with Crippen molar-refractivity contribution < 1.29 is 18.7 Å². The maximum Gasteiger partial charge on any atom is 0.331 e. The van der Waals surface area contributed by atoms with Crippen LogP contribution in [0.3, 0.4) is 0 Å². The van der Waals surface area contributed by atoms with E-state index in [4.69, 9.17) is 9.15 Å². The Labute approximate surface area is 136 Å². The van der Waals surface area contributed by atoms with Gasteiger partial charge in [-0.15, -0.1) is 0 Å². The summed E-state index contributed by atoms with van der Waals surface area (Å²) in [6, 6.07) is 12.4. The first kappa shape index (κ1) is 16.0. The first-order valence-electron chi connectivity index (χ1n) is 6.54. The minimum Gasteiger partial charge on any atom is -0.450 e. The van der Waals surface area contributed by atoms with Gasteiger partial charge < -0.3 is 14.5 Å². The van der Waals surface area contributed by atoms with Crippen molar-refractivity contribution in [2.24, 2.45) is 0 Å². The molecular weight excluding hydrogens is 350 g/mol. The Morgan fingerprint density at radius 1 is 1.23 bits per heavy atom. The Morgan fingerprint density at radius 2 is 1.95 bits per heavy atom. The fourth-order valence-electron chi connectivity index (χ4n) is 1.60. The lowest BCUT2D eigenvalue weighted by molar-refractivity contribution is -0.148. The van der Waals surface area contributed by atoms with Crippen LogP contribution in [0.5, 0.6) is 0 Å². The van der Waals surface area contributed by atoms with Gasteiger partial charge in [-0.2, -0.15) is 0 Å². The summed E-state index contributed by atoms with van der Waals surface area (Å²) in [5, 5.41) is 2.66. The summed E-state index contributed by atoms with van der Waals surface area (Å²) in [6.07, 6.45) is 1.77. The molecule has 0 radical (unpaired) electrons. The molecule has 1 aromatic heterocycles. The van der Waals surface area contributed by atoms with E-state index >= 15 is 0 Å². The average Bonchev–Trinajstić information content (AvgIpc) is 2.92. The van der Waals surface area contributed by atoms with E-state index < -0.39 is 18.0 Å². The van der Waals surface area contributed by atoms with Gasteiger partial charge in [0.05, 0.1) is 0 Å². The Kier molecular flexibility index (Phi) is 5.55. The molecule has 0 saturated carbocycles. The molecule has 2 aromatic rings. The predicted octanol–water partition coefficient (Wildman–Crippen LogP) is 3.63. The minimum atomic E-state index is -0.902. The van der Waals surface area contributed by atoms with E-state index in [-0.39, 0.29) is 0 Å². The molecule has 0 aliphatic carbocycles. The summed E-state index contributed by atoms with van der Waals surface area (Å²) < 4.78 is 10.8.